The number of carbonyl (C=O) groups excluding carboxylic acids is 3. The summed E-state index contributed by atoms with van der Waals surface area (Å²) in [6.07, 6.45) is 13.3. The normalized spacial score (nSPS) is 19.8. The van der Waals surface area contributed by atoms with Gasteiger partial charge in [-0.25, -0.2) is 9.31 Å². The fraction of sp³-hybridized carbons (Fsp3) is 0.405. The monoisotopic (exact) mass is 738 g/mol. The van der Waals surface area contributed by atoms with Gasteiger partial charge in [-0.3, -0.25) is 29.8 Å². The lowest BCUT2D eigenvalue weighted by molar-refractivity contribution is -0.120. The maximum Gasteiger partial charge on any atom is 0.328 e. The lowest BCUT2D eigenvalue weighted by atomic mass is 9.84. The van der Waals surface area contributed by atoms with E-state index in [0.717, 1.165) is 91.5 Å². The van der Waals surface area contributed by atoms with Gasteiger partial charge in [0.15, 0.2) is 0 Å². The van der Waals surface area contributed by atoms with Gasteiger partial charge in [0.25, 0.3) is 5.91 Å². The van der Waals surface area contributed by atoms with Crippen molar-refractivity contribution in [2.75, 3.05) is 36.4 Å². The molecule has 5 aromatic rings. The predicted molar refractivity (Wildman–Crippen MR) is 211 cm³/mol. The van der Waals surface area contributed by atoms with Gasteiger partial charge in [-0.1, -0.05) is 12.1 Å². The second-order valence-electron chi connectivity index (χ2n) is 15.5. The van der Waals surface area contributed by atoms with E-state index in [1.165, 1.54) is 11.8 Å². The van der Waals surface area contributed by atoms with Crippen LogP contribution in [0.2, 0.25) is 0 Å². The fourth-order valence-corrected chi connectivity index (χ4v) is 8.47. The summed E-state index contributed by atoms with van der Waals surface area (Å²) in [7, 11) is 0. The Bertz CT molecular complexity index is 2300. The Kier molecular flexibility index (Phi) is 10.2. The van der Waals surface area contributed by atoms with E-state index >= 15 is 0 Å². The number of imide groups is 1. The van der Waals surface area contributed by atoms with Crippen LogP contribution in [0.15, 0.2) is 67.3 Å². The molecule has 282 valence electrons. The zero-order valence-electron chi connectivity index (χ0n) is 31.3. The number of benzene rings is 1. The molecule has 55 heavy (non-hydrogen) atoms. The molecule has 2 saturated heterocycles. The average Bonchev–Trinajstić information content (AvgIpc) is 3.62. The Balaban J connectivity index is 0.838. The molecule has 0 unspecified atom stereocenters. The molecule has 1 aromatic carbocycles. The summed E-state index contributed by atoms with van der Waals surface area (Å²) in [6, 6.07) is 16.0. The molecule has 3 aliphatic rings. The molecule has 3 N–H and O–H groups in total. The van der Waals surface area contributed by atoms with Crippen molar-refractivity contribution in [3.05, 3.63) is 83.9 Å². The number of anilines is 2. The number of rotatable bonds is 9. The van der Waals surface area contributed by atoms with Crippen LogP contribution in [0.5, 0.6) is 0 Å². The van der Waals surface area contributed by atoms with Gasteiger partial charge in [-0.15, -0.1) is 0 Å². The van der Waals surface area contributed by atoms with E-state index in [1.807, 2.05) is 38.2 Å². The number of carbonyl (C=O) groups is 3. The molecule has 0 atom stereocenters. The number of nitrogens with zero attached hydrogens (tertiary/aromatic N) is 7. The zero-order valence-corrected chi connectivity index (χ0v) is 31.3. The highest BCUT2D eigenvalue weighted by molar-refractivity contribution is 6.09. The highest BCUT2D eigenvalue weighted by Crippen LogP contribution is 2.35. The maximum atomic E-state index is 13.6. The molecule has 2 aliphatic heterocycles. The largest absolute Gasteiger partial charge is 0.382 e. The predicted octanol–water partition coefficient (Wildman–Crippen LogP) is 6.25. The minimum Gasteiger partial charge on any atom is -0.382 e. The van der Waals surface area contributed by atoms with E-state index in [9.17, 15) is 19.6 Å². The van der Waals surface area contributed by atoms with E-state index in [-0.39, 0.29) is 30.3 Å². The number of nitrogens with one attached hydrogen (secondary N) is 3. The number of urea groups is 1. The molecule has 3 fully saturated rings. The second kappa shape index (κ2) is 15.5. The van der Waals surface area contributed by atoms with Crippen LogP contribution in [0.25, 0.3) is 27.7 Å². The molecule has 8 rings (SSSR count). The summed E-state index contributed by atoms with van der Waals surface area (Å²) >= 11 is 0. The van der Waals surface area contributed by atoms with Gasteiger partial charge in [-0.05, 0) is 113 Å². The molecule has 0 spiro atoms. The van der Waals surface area contributed by atoms with Crippen LogP contribution in [0, 0.1) is 17.2 Å². The van der Waals surface area contributed by atoms with Gasteiger partial charge in [0.2, 0.25) is 5.91 Å². The Hall–Kier alpha value is -5.87. The van der Waals surface area contributed by atoms with Gasteiger partial charge >= 0.3 is 6.03 Å². The SMILES string of the molecule is CC(C)Nc1cc(-c2ccc3cc(C#N)cnn23)ncc1C(=O)NC1CCC(CN2CCC(c3ccc4c(N5CCC(=O)NC5=O)cncc4c3)CC2)CC1. The second-order valence-corrected chi connectivity index (χ2v) is 15.5. The van der Waals surface area contributed by atoms with Crippen molar-refractivity contribution in [2.45, 2.75) is 76.8 Å². The third-order valence-electron chi connectivity index (χ3n) is 11.3. The number of piperidine rings is 1. The van der Waals surface area contributed by atoms with Gasteiger partial charge in [0.05, 0.1) is 51.8 Å². The van der Waals surface area contributed by atoms with E-state index in [4.69, 9.17) is 0 Å². The maximum absolute atomic E-state index is 13.6. The van der Waals surface area contributed by atoms with Crippen LogP contribution in [0.4, 0.5) is 16.2 Å². The summed E-state index contributed by atoms with van der Waals surface area (Å²) in [6.45, 7) is 7.66. The van der Waals surface area contributed by atoms with Gasteiger partial charge in [0, 0.05) is 54.8 Å². The van der Waals surface area contributed by atoms with Crippen molar-refractivity contribution < 1.29 is 14.4 Å². The summed E-state index contributed by atoms with van der Waals surface area (Å²) in [5.74, 6) is 0.733. The minimum absolute atomic E-state index is 0.112. The molecule has 1 aliphatic carbocycles. The number of amides is 4. The molecule has 6 heterocycles. The van der Waals surface area contributed by atoms with Crippen LogP contribution in [0.1, 0.15) is 86.2 Å². The van der Waals surface area contributed by atoms with Crippen LogP contribution in [0.3, 0.4) is 0 Å². The molecule has 13 nitrogen and oxygen atoms in total. The van der Waals surface area contributed by atoms with Crippen molar-refractivity contribution in [1.29, 1.82) is 5.26 Å². The van der Waals surface area contributed by atoms with Crippen molar-refractivity contribution in [1.82, 2.24) is 35.1 Å². The Morgan fingerprint density at radius 2 is 1.78 bits per heavy atom. The first kappa shape index (κ1) is 36.1. The lowest BCUT2D eigenvalue weighted by Gasteiger charge is -2.37. The standard InChI is InChI=1S/C42H46N10O3/c1-26(2)47-36-19-37(38-10-8-33-17-28(20-43)21-46-52(33)38)45-23-35(36)41(54)48-32-6-3-27(4-7-32)25-50-14-11-29(12-15-50)30-5-9-34-31(18-30)22-44-24-39(34)51-16-13-40(53)49-42(51)55/h5,8-10,17-19,21-24,26-27,29,32H,3-4,6-7,11-16,25H2,1-2H3,(H,45,47)(H,48,54)(H,49,53,55). The molecule has 4 amide bonds. The number of hydrogen-bond acceptors (Lipinski definition) is 9. The Labute approximate surface area is 320 Å². The van der Waals surface area contributed by atoms with Crippen molar-refractivity contribution in [3.63, 3.8) is 0 Å². The average molecular weight is 739 g/mol. The third kappa shape index (κ3) is 7.73. The topological polar surface area (TPSA) is 161 Å². The quantitative estimate of drug-likeness (QED) is 0.159. The first-order valence-electron chi connectivity index (χ1n) is 19.4. The summed E-state index contributed by atoms with van der Waals surface area (Å²) in [5.41, 5.74) is 6.07. The van der Waals surface area contributed by atoms with E-state index in [2.05, 4.69) is 60.2 Å². The van der Waals surface area contributed by atoms with Crippen molar-refractivity contribution in [2.24, 2.45) is 5.92 Å². The van der Waals surface area contributed by atoms with Crippen LogP contribution >= 0.6 is 0 Å². The van der Waals surface area contributed by atoms with Crippen LogP contribution in [-0.4, -0.2) is 80.6 Å². The van der Waals surface area contributed by atoms with Crippen molar-refractivity contribution >= 4 is 45.5 Å². The van der Waals surface area contributed by atoms with Crippen LogP contribution < -0.4 is 20.9 Å². The van der Waals surface area contributed by atoms with Gasteiger partial charge in [-0.2, -0.15) is 10.4 Å². The molecular formula is C42H46N10O3. The molecule has 13 heteroatoms. The number of aromatic nitrogens is 4. The zero-order chi connectivity index (χ0) is 38.1. The van der Waals surface area contributed by atoms with E-state index in [0.29, 0.717) is 35.2 Å². The first-order valence-corrected chi connectivity index (χ1v) is 19.4. The summed E-state index contributed by atoms with van der Waals surface area (Å²) in [5, 5.41) is 24.8. The van der Waals surface area contributed by atoms with Crippen molar-refractivity contribution in [3.8, 4) is 17.5 Å². The summed E-state index contributed by atoms with van der Waals surface area (Å²) in [4.78, 5) is 51.1. The smallest absolute Gasteiger partial charge is 0.328 e. The molecule has 0 radical (unpaired) electrons. The molecular weight excluding hydrogens is 693 g/mol. The number of likely N-dealkylation sites (tertiary alicyclic amines) is 1. The van der Waals surface area contributed by atoms with Gasteiger partial charge in [0.1, 0.15) is 6.07 Å². The fourth-order valence-electron chi connectivity index (χ4n) is 8.47. The van der Waals surface area contributed by atoms with E-state index in [1.54, 1.807) is 27.9 Å². The molecule has 4 aromatic heterocycles. The Morgan fingerprint density at radius 1 is 0.964 bits per heavy atom. The molecule has 1 saturated carbocycles. The Morgan fingerprint density at radius 3 is 2.55 bits per heavy atom. The highest BCUT2D eigenvalue weighted by Gasteiger charge is 2.29. The first-order chi connectivity index (χ1) is 26.7. The minimum atomic E-state index is -0.396. The molecule has 0 bridgehead atoms. The highest BCUT2D eigenvalue weighted by atomic mass is 16.2. The number of pyridine rings is 2. The van der Waals surface area contributed by atoms with Crippen LogP contribution in [-0.2, 0) is 4.79 Å². The third-order valence-corrected chi connectivity index (χ3v) is 11.3. The number of fused-ring (bicyclic) bond motifs is 2. The number of hydrogen-bond donors (Lipinski definition) is 3. The number of nitriles is 1. The lowest BCUT2D eigenvalue weighted by Crippen LogP contribution is -2.49. The van der Waals surface area contributed by atoms with Gasteiger partial charge < -0.3 is 15.5 Å². The summed E-state index contributed by atoms with van der Waals surface area (Å²) < 4.78 is 1.76. The van der Waals surface area contributed by atoms with E-state index < -0.39 is 6.03 Å².